The number of imidazole rings is 1. The first-order valence-electron chi connectivity index (χ1n) is 7.03. The summed E-state index contributed by atoms with van der Waals surface area (Å²) in [5, 5.41) is 12.5. The van der Waals surface area contributed by atoms with Crippen LogP contribution in [-0.4, -0.2) is 37.6 Å². The number of aromatic nitrogens is 4. The Morgan fingerprint density at radius 2 is 2.27 bits per heavy atom. The summed E-state index contributed by atoms with van der Waals surface area (Å²) in [6, 6.07) is 3.77. The topological polar surface area (TPSA) is 107 Å². The molecule has 3 aromatic rings. The van der Waals surface area contributed by atoms with E-state index in [1.165, 1.54) is 0 Å². The second kappa shape index (κ2) is 5.51. The molecule has 0 aliphatic carbocycles. The van der Waals surface area contributed by atoms with Crippen LogP contribution in [0.4, 0.5) is 5.82 Å². The van der Waals surface area contributed by atoms with Gasteiger partial charge in [-0.3, -0.25) is 4.79 Å². The van der Waals surface area contributed by atoms with Gasteiger partial charge in [-0.15, -0.1) is 0 Å². The number of hydrogen-bond acceptors (Lipinski definition) is 4. The molecule has 0 aliphatic heterocycles. The normalized spacial score (nSPS) is 11.2. The Labute approximate surface area is 126 Å². The van der Waals surface area contributed by atoms with Gasteiger partial charge in [0, 0.05) is 23.1 Å². The van der Waals surface area contributed by atoms with E-state index in [2.05, 4.69) is 39.1 Å². The van der Waals surface area contributed by atoms with Gasteiger partial charge in [-0.1, -0.05) is 13.8 Å². The number of anilines is 1. The van der Waals surface area contributed by atoms with Crippen molar-refractivity contribution < 1.29 is 9.90 Å². The molecule has 0 spiro atoms. The standard InChI is InChI=1S/C15H17N5O2/c1-8(2)14-18-6-11(19-14)10-5-12(17-7-13(21)22)20-15-9(10)3-4-16-15/h3-6,8H,7H2,1-2H3,(H,18,19)(H,21,22)(H2,16,17,20). The molecule has 0 atom stereocenters. The summed E-state index contributed by atoms with van der Waals surface area (Å²) in [7, 11) is 0. The number of rotatable bonds is 5. The third-order valence-corrected chi connectivity index (χ3v) is 3.38. The summed E-state index contributed by atoms with van der Waals surface area (Å²) in [6.45, 7) is 3.96. The first-order valence-corrected chi connectivity index (χ1v) is 7.03. The van der Waals surface area contributed by atoms with Crippen LogP contribution in [0.25, 0.3) is 22.3 Å². The molecule has 114 valence electrons. The van der Waals surface area contributed by atoms with E-state index >= 15 is 0 Å². The molecule has 3 aromatic heterocycles. The zero-order valence-corrected chi connectivity index (χ0v) is 12.3. The van der Waals surface area contributed by atoms with Crippen molar-refractivity contribution in [3.8, 4) is 11.3 Å². The predicted octanol–water partition coefficient (Wildman–Crippen LogP) is 2.57. The van der Waals surface area contributed by atoms with Crippen LogP contribution < -0.4 is 5.32 Å². The third-order valence-electron chi connectivity index (χ3n) is 3.38. The highest BCUT2D eigenvalue weighted by Gasteiger charge is 2.13. The van der Waals surface area contributed by atoms with Crippen LogP contribution in [0.1, 0.15) is 25.6 Å². The number of aromatic amines is 2. The third kappa shape index (κ3) is 2.65. The largest absolute Gasteiger partial charge is 0.480 e. The molecule has 0 saturated carbocycles. The van der Waals surface area contributed by atoms with Crippen LogP contribution in [0.15, 0.2) is 24.5 Å². The van der Waals surface area contributed by atoms with Crippen molar-refractivity contribution in [1.82, 2.24) is 19.9 Å². The lowest BCUT2D eigenvalue weighted by Gasteiger charge is -2.07. The number of pyridine rings is 1. The summed E-state index contributed by atoms with van der Waals surface area (Å²) in [5.74, 6) is 0.795. The zero-order valence-electron chi connectivity index (χ0n) is 12.3. The van der Waals surface area contributed by atoms with Crippen molar-refractivity contribution in [2.24, 2.45) is 0 Å². The highest BCUT2D eigenvalue weighted by Crippen LogP contribution is 2.29. The monoisotopic (exact) mass is 299 g/mol. The molecule has 4 N–H and O–H groups in total. The van der Waals surface area contributed by atoms with E-state index in [1.807, 2.05) is 18.3 Å². The number of carbonyl (C=O) groups is 1. The minimum atomic E-state index is -0.932. The number of fused-ring (bicyclic) bond motifs is 1. The highest BCUT2D eigenvalue weighted by molar-refractivity contribution is 5.93. The van der Waals surface area contributed by atoms with Gasteiger partial charge in [-0.25, -0.2) is 9.97 Å². The number of hydrogen-bond donors (Lipinski definition) is 4. The quantitative estimate of drug-likeness (QED) is 0.579. The summed E-state index contributed by atoms with van der Waals surface area (Å²) in [5.41, 5.74) is 2.51. The number of carboxylic acids is 1. The highest BCUT2D eigenvalue weighted by atomic mass is 16.4. The number of aliphatic carboxylic acids is 1. The van der Waals surface area contributed by atoms with Crippen LogP contribution in [0.5, 0.6) is 0 Å². The van der Waals surface area contributed by atoms with Crippen molar-refractivity contribution in [2.45, 2.75) is 19.8 Å². The molecule has 0 unspecified atom stereocenters. The van der Waals surface area contributed by atoms with Gasteiger partial charge in [-0.2, -0.15) is 0 Å². The SMILES string of the molecule is CC(C)c1ncc(-c2cc(NCC(=O)O)nc3[nH]ccc23)[nH]1. The molecular weight excluding hydrogens is 282 g/mol. The molecule has 7 heteroatoms. The van der Waals surface area contributed by atoms with Crippen molar-refractivity contribution in [1.29, 1.82) is 0 Å². The van der Waals surface area contributed by atoms with E-state index in [9.17, 15) is 4.79 Å². The van der Waals surface area contributed by atoms with E-state index in [-0.39, 0.29) is 6.54 Å². The van der Waals surface area contributed by atoms with Gasteiger partial charge in [-0.05, 0) is 12.1 Å². The summed E-state index contributed by atoms with van der Waals surface area (Å²) < 4.78 is 0. The summed E-state index contributed by atoms with van der Waals surface area (Å²) in [6.07, 6.45) is 3.60. The molecule has 0 radical (unpaired) electrons. The Hall–Kier alpha value is -2.83. The Balaban J connectivity index is 2.05. The van der Waals surface area contributed by atoms with Gasteiger partial charge in [0.25, 0.3) is 0 Å². The van der Waals surface area contributed by atoms with Crippen LogP contribution in [0, 0.1) is 0 Å². The molecule has 3 rings (SSSR count). The first-order chi connectivity index (χ1) is 10.5. The molecule has 22 heavy (non-hydrogen) atoms. The number of nitrogens with one attached hydrogen (secondary N) is 3. The maximum absolute atomic E-state index is 10.7. The average molecular weight is 299 g/mol. The fourth-order valence-electron chi connectivity index (χ4n) is 2.28. The molecule has 0 saturated heterocycles. The lowest BCUT2D eigenvalue weighted by atomic mass is 10.1. The number of nitrogens with zero attached hydrogens (tertiary/aromatic N) is 2. The lowest BCUT2D eigenvalue weighted by Crippen LogP contribution is -2.13. The van der Waals surface area contributed by atoms with Gasteiger partial charge in [0.15, 0.2) is 0 Å². The van der Waals surface area contributed by atoms with E-state index < -0.39 is 5.97 Å². The maximum atomic E-state index is 10.7. The molecule has 7 nitrogen and oxygen atoms in total. The van der Waals surface area contributed by atoms with E-state index in [4.69, 9.17) is 5.11 Å². The fourth-order valence-corrected chi connectivity index (χ4v) is 2.28. The molecule has 0 amide bonds. The predicted molar refractivity (Wildman–Crippen MR) is 83.9 cm³/mol. The Morgan fingerprint density at radius 3 is 2.95 bits per heavy atom. The number of carboxylic acid groups (broad SMARTS) is 1. The first kappa shape index (κ1) is 14.1. The van der Waals surface area contributed by atoms with Crippen molar-refractivity contribution in [3.05, 3.63) is 30.4 Å². The van der Waals surface area contributed by atoms with Crippen LogP contribution in [0.3, 0.4) is 0 Å². The lowest BCUT2D eigenvalue weighted by molar-refractivity contribution is -0.134. The Bertz CT molecular complexity index is 818. The molecule has 0 aromatic carbocycles. The van der Waals surface area contributed by atoms with Crippen molar-refractivity contribution >= 4 is 22.8 Å². The zero-order chi connectivity index (χ0) is 15.7. The maximum Gasteiger partial charge on any atom is 0.322 e. The van der Waals surface area contributed by atoms with Crippen molar-refractivity contribution in [3.63, 3.8) is 0 Å². The molecular formula is C15H17N5O2. The van der Waals surface area contributed by atoms with Gasteiger partial charge in [0.05, 0.1) is 11.9 Å². The minimum Gasteiger partial charge on any atom is -0.480 e. The summed E-state index contributed by atoms with van der Waals surface area (Å²) >= 11 is 0. The average Bonchev–Trinajstić information content (AvgIpc) is 3.13. The van der Waals surface area contributed by atoms with Crippen molar-refractivity contribution in [2.75, 3.05) is 11.9 Å². The van der Waals surface area contributed by atoms with E-state index in [0.717, 1.165) is 22.5 Å². The van der Waals surface area contributed by atoms with E-state index in [0.29, 0.717) is 17.4 Å². The van der Waals surface area contributed by atoms with Crippen LogP contribution in [0.2, 0.25) is 0 Å². The van der Waals surface area contributed by atoms with Crippen LogP contribution in [-0.2, 0) is 4.79 Å². The van der Waals surface area contributed by atoms with Gasteiger partial charge in [0.1, 0.15) is 23.8 Å². The van der Waals surface area contributed by atoms with Gasteiger partial charge >= 0.3 is 5.97 Å². The summed E-state index contributed by atoms with van der Waals surface area (Å²) in [4.78, 5) is 25.8. The fraction of sp³-hybridized carbons (Fsp3) is 0.267. The number of H-pyrrole nitrogens is 2. The minimum absolute atomic E-state index is 0.182. The molecule has 3 heterocycles. The van der Waals surface area contributed by atoms with Crippen LogP contribution >= 0.6 is 0 Å². The molecule has 0 bridgehead atoms. The van der Waals surface area contributed by atoms with E-state index in [1.54, 1.807) is 6.20 Å². The Kier molecular flexibility index (Phi) is 3.54. The smallest absolute Gasteiger partial charge is 0.322 e. The second-order valence-electron chi connectivity index (χ2n) is 5.38. The Morgan fingerprint density at radius 1 is 1.45 bits per heavy atom. The van der Waals surface area contributed by atoms with Gasteiger partial charge in [0.2, 0.25) is 0 Å². The molecule has 0 aliphatic rings. The van der Waals surface area contributed by atoms with Gasteiger partial charge < -0.3 is 20.4 Å². The molecule has 0 fully saturated rings. The second-order valence-corrected chi connectivity index (χ2v) is 5.38.